The van der Waals surface area contributed by atoms with Gasteiger partial charge in [0.05, 0.1) is 0 Å². The summed E-state index contributed by atoms with van der Waals surface area (Å²) in [5, 5.41) is 3.49. The van der Waals surface area contributed by atoms with Gasteiger partial charge < -0.3 is 10.2 Å². The molecule has 0 aromatic carbocycles. The van der Waals surface area contributed by atoms with Gasteiger partial charge in [0.2, 0.25) is 0 Å². The van der Waals surface area contributed by atoms with Gasteiger partial charge in [-0.1, -0.05) is 0 Å². The minimum absolute atomic E-state index is 0.664. The molecule has 1 atom stereocenters. The van der Waals surface area contributed by atoms with Crippen LogP contribution in [-0.4, -0.2) is 50.1 Å². The molecule has 0 bridgehead atoms. The first-order valence-electron chi connectivity index (χ1n) is 4.54. The molecule has 0 fully saturated rings. The summed E-state index contributed by atoms with van der Waals surface area (Å²) in [7, 11) is 4.21. The Kier molecular flexibility index (Phi) is 8.07. The number of thioether (sulfide) groups is 1. The number of nitrogens with one attached hydrogen (secondary N) is 1. The molecule has 3 heteroatoms. The van der Waals surface area contributed by atoms with Crippen LogP contribution >= 0.6 is 11.8 Å². The maximum atomic E-state index is 3.49. The zero-order valence-corrected chi connectivity index (χ0v) is 9.58. The molecule has 0 radical (unpaired) electrons. The Morgan fingerprint density at radius 3 is 2.58 bits per heavy atom. The fourth-order valence-electron chi connectivity index (χ4n) is 0.931. The Hall–Kier alpha value is 0.270. The minimum Gasteiger partial charge on any atom is -0.313 e. The minimum atomic E-state index is 0.664. The van der Waals surface area contributed by atoms with Crippen LogP contribution in [0.4, 0.5) is 0 Å². The molecule has 0 aromatic heterocycles. The van der Waals surface area contributed by atoms with Crippen molar-refractivity contribution in [2.24, 2.45) is 0 Å². The highest BCUT2D eigenvalue weighted by atomic mass is 32.2. The van der Waals surface area contributed by atoms with Crippen molar-refractivity contribution < 1.29 is 0 Å². The van der Waals surface area contributed by atoms with Crippen LogP contribution < -0.4 is 5.32 Å². The summed E-state index contributed by atoms with van der Waals surface area (Å²) in [5.74, 6) is 1.26. The summed E-state index contributed by atoms with van der Waals surface area (Å²) in [6.45, 7) is 4.48. The fraction of sp³-hybridized carbons (Fsp3) is 1.00. The lowest BCUT2D eigenvalue weighted by Gasteiger charge is -2.15. The molecular formula is C9H22N2S. The van der Waals surface area contributed by atoms with E-state index in [9.17, 15) is 0 Å². The van der Waals surface area contributed by atoms with Crippen molar-refractivity contribution in [2.45, 2.75) is 19.4 Å². The molecule has 0 spiro atoms. The van der Waals surface area contributed by atoms with Gasteiger partial charge in [-0.3, -0.25) is 0 Å². The van der Waals surface area contributed by atoms with Crippen LogP contribution in [0.3, 0.4) is 0 Å². The van der Waals surface area contributed by atoms with Crippen LogP contribution in [0, 0.1) is 0 Å². The number of rotatable bonds is 7. The van der Waals surface area contributed by atoms with Crippen LogP contribution in [0.15, 0.2) is 0 Å². The molecule has 0 aromatic rings. The third kappa shape index (κ3) is 8.37. The molecular weight excluding hydrogens is 168 g/mol. The monoisotopic (exact) mass is 190 g/mol. The van der Waals surface area contributed by atoms with Crippen molar-refractivity contribution >= 4 is 11.8 Å². The molecule has 0 aliphatic heterocycles. The summed E-state index contributed by atoms with van der Waals surface area (Å²) in [6.07, 6.45) is 3.43. The number of hydrogen-bond donors (Lipinski definition) is 1. The van der Waals surface area contributed by atoms with Gasteiger partial charge in [-0.25, -0.2) is 0 Å². The lowest BCUT2D eigenvalue weighted by Crippen LogP contribution is -2.33. The largest absolute Gasteiger partial charge is 0.313 e. The first kappa shape index (κ1) is 12.3. The Balaban J connectivity index is 3.13. The maximum absolute atomic E-state index is 3.49. The number of nitrogens with zero attached hydrogens (tertiary/aromatic N) is 1. The third-order valence-corrected chi connectivity index (χ3v) is 2.45. The molecule has 74 valence electrons. The van der Waals surface area contributed by atoms with E-state index in [0.29, 0.717) is 6.04 Å². The van der Waals surface area contributed by atoms with E-state index in [2.05, 4.69) is 37.5 Å². The quantitative estimate of drug-likeness (QED) is 0.651. The van der Waals surface area contributed by atoms with Crippen LogP contribution in [-0.2, 0) is 0 Å². The van der Waals surface area contributed by atoms with Crippen LogP contribution in [0.2, 0.25) is 0 Å². The molecule has 0 rings (SSSR count). The molecule has 1 N–H and O–H groups in total. The normalized spacial score (nSPS) is 13.8. The van der Waals surface area contributed by atoms with E-state index in [4.69, 9.17) is 0 Å². The molecule has 0 saturated heterocycles. The van der Waals surface area contributed by atoms with E-state index in [0.717, 1.165) is 13.1 Å². The summed E-state index contributed by atoms with van der Waals surface area (Å²) in [5.41, 5.74) is 0. The molecule has 0 saturated carbocycles. The van der Waals surface area contributed by atoms with Gasteiger partial charge in [-0.15, -0.1) is 0 Å². The second-order valence-electron chi connectivity index (χ2n) is 3.44. The van der Waals surface area contributed by atoms with Crippen LogP contribution in [0.25, 0.3) is 0 Å². The molecule has 0 heterocycles. The highest BCUT2D eigenvalue weighted by Gasteiger charge is 1.99. The first-order chi connectivity index (χ1) is 5.66. The molecule has 12 heavy (non-hydrogen) atoms. The highest BCUT2D eigenvalue weighted by Crippen LogP contribution is 1.98. The van der Waals surface area contributed by atoms with Crippen molar-refractivity contribution in [2.75, 3.05) is 39.2 Å². The van der Waals surface area contributed by atoms with Crippen molar-refractivity contribution in [3.05, 3.63) is 0 Å². The summed E-state index contributed by atoms with van der Waals surface area (Å²) < 4.78 is 0. The van der Waals surface area contributed by atoms with E-state index in [1.807, 2.05) is 11.8 Å². The van der Waals surface area contributed by atoms with E-state index in [1.165, 1.54) is 12.2 Å². The van der Waals surface area contributed by atoms with Gasteiger partial charge in [-0.05, 0) is 39.4 Å². The second-order valence-corrected chi connectivity index (χ2v) is 4.43. The lowest BCUT2D eigenvalue weighted by molar-refractivity contribution is 0.386. The van der Waals surface area contributed by atoms with Gasteiger partial charge in [0.25, 0.3) is 0 Å². The Morgan fingerprint density at radius 1 is 1.42 bits per heavy atom. The van der Waals surface area contributed by atoms with E-state index in [-0.39, 0.29) is 0 Å². The standard InChI is InChI=1S/C9H22N2S/c1-9(5-8-12-4)10-6-7-11(2)3/h9-10H,5-8H2,1-4H3. The molecule has 1 unspecified atom stereocenters. The van der Waals surface area contributed by atoms with E-state index >= 15 is 0 Å². The SMILES string of the molecule is CSCCC(C)NCCN(C)C. The average molecular weight is 190 g/mol. The lowest BCUT2D eigenvalue weighted by atomic mass is 10.2. The van der Waals surface area contributed by atoms with Gasteiger partial charge in [-0.2, -0.15) is 11.8 Å². The second kappa shape index (κ2) is 7.90. The predicted molar refractivity (Wildman–Crippen MR) is 59.0 cm³/mol. The van der Waals surface area contributed by atoms with Crippen LogP contribution in [0.5, 0.6) is 0 Å². The molecule has 0 amide bonds. The Labute approximate surface area is 81.1 Å². The van der Waals surface area contributed by atoms with Gasteiger partial charge in [0.15, 0.2) is 0 Å². The molecule has 0 aliphatic carbocycles. The van der Waals surface area contributed by atoms with Gasteiger partial charge in [0, 0.05) is 19.1 Å². The van der Waals surface area contributed by atoms with Crippen LogP contribution in [0.1, 0.15) is 13.3 Å². The Morgan fingerprint density at radius 2 is 2.08 bits per heavy atom. The van der Waals surface area contributed by atoms with Crippen molar-refractivity contribution in [3.8, 4) is 0 Å². The number of likely N-dealkylation sites (N-methyl/N-ethyl adjacent to an activating group) is 1. The zero-order valence-electron chi connectivity index (χ0n) is 8.76. The topological polar surface area (TPSA) is 15.3 Å². The average Bonchev–Trinajstić information content (AvgIpc) is 2.00. The maximum Gasteiger partial charge on any atom is 0.0101 e. The predicted octanol–water partition coefficient (Wildman–Crippen LogP) is 1.28. The zero-order chi connectivity index (χ0) is 9.40. The summed E-state index contributed by atoms with van der Waals surface area (Å²) in [4.78, 5) is 2.20. The highest BCUT2D eigenvalue weighted by molar-refractivity contribution is 7.98. The smallest absolute Gasteiger partial charge is 0.0101 e. The first-order valence-corrected chi connectivity index (χ1v) is 5.93. The number of hydrogen-bond acceptors (Lipinski definition) is 3. The van der Waals surface area contributed by atoms with E-state index in [1.54, 1.807) is 0 Å². The Bertz CT molecular complexity index is 96.5. The van der Waals surface area contributed by atoms with Gasteiger partial charge in [0.1, 0.15) is 0 Å². The van der Waals surface area contributed by atoms with Crippen molar-refractivity contribution in [3.63, 3.8) is 0 Å². The van der Waals surface area contributed by atoms with E-state index < -0.39 is 0 Å². The molecule has 0 aliphatic rings. The summed E-state index contributed by atoms with van der Waals surface area (Å²) >= 11 is 1.92. The molecule has 2 nitrogen and oxygen atoms in total. The van der Waals surface area contributed by atoms with Gasteiger partial charge >= 0.3 is 0 Å². The third-order valence-electron chi connectivity index (χ3n) is 1.81. The van der Waals surface area contributed by atoms with Crippen molar-refractivity contribution in [1.82, 2.24) is 10.2 Å². The van der Waals surface area contributed by atoms with Crippen molar-refractivity contribution in [1.29, 1.82) is 0 Å². The fourth-order valence-corrected chi connectivity index (χ4v) is 1.52. The summed E-state index contributed by atoms with van der Waals surface area (Å²) in [6, 6.07) is 0.664.